The van der Waals surface area contributed by atoms with Gasteiger partial charge in [0.2, 0.25) is 0 Å². The van der Waals surface area contributed by atoms with Crippen LogP contribution in [0.3, 0.4) is 0 Å². The monoisotopic (exact) mass is 158 g/mol. The van der Waals surface area contributed by atoms with Crippen LogP contribution in [-0.4, -0.2) is 36.2 Å². The molecule has 4 heteroatoms. The lowest BCUT2D eigenvalue weighted by Crippen LogP contribution is -2.38. The lowest BCUT2D eigenvalue weighted by atomic mass is 10.6. The molecule has 2 heterocycles. The minimum absolute atomic E-state index is 1.08. The maximum Gasteiger partial charge on any atom is 0.174 e. The second-order valence-electron chi connectivity index (χ2n) is 2.50. The zero-order valence-corrected chi connectivity index (χ0v) is 6.71. The molecular formula is C6H12N3S. The predicted octanol–water partition coefficient (Wildman–Crippen LogP) is -0.368. The van der Waals surface area contributed by atoms with Gasteiger partial charge in [-0.25, -0.2) is 0 Å². The van der Waals surface area contributed by atoms with E-state index >= 15 is 0 Å². The SMILES string of the molecule is C1CN[C](N2CCSC2)N1. The Kier molecular flexibility index (Phi) is 2.13. The van der Waals surface area contributed by atoms with Gasteiger partial charge in [-0.2, -0.15) is 0 Å². The molecule has 1 radical (unpaired) electrons. The molecule has 0 amide bonds. The van der Waals surface area contributed by atoms with Gasteiger partial charge in [0.25, 0.3) is 0 Å². The molecule has 2 aliphatic heterocycles. The van der Waals surface area contributed by atoms with Gasteiger partial charge in [-0.1, -0.05) is 0 Å². The fourth-order valence-corrected chi connectivity index (χ4v) is 2.20. The summed E-state index contributed by atoms with van der Waals surface area (Å²) in [5.41, 5.74) is 0. The molecule has 3 nitrogen and oxygen atoms in total. The highest BCUT2D eigenvalue weighted by molar-refractivity contribution is 7.99. The van der Waals surface area contributed by atoms with Crippen LogP contribution in [0.5, 0.6) is 0 Å². The molecule has 0 spiro atoms. The van der Waals surface area contributed by atoms with Crippen molar-refractivity contribution in [2.24, 2.45) is 0 Å². The van der Waals surface area contributed by atoms with E-state index in [0.29, 0.717) is 0 Å². The van der Waals surface area contributed by atoms with Crippen molar-refractivity contribution in [1.82, 2.24) is 15.5 Å². The van der Waals surface area contributed by atoms with Gasteiger partial charge >= 0.3 is 0 Å². The molecule has 2 rings (SSSR count). The van der Waals surface area contributed by atoms with Gasteiger partial charge in [0.05, 0.1) is 0 Å². The van der Waals surface area contributed by atoms with E-state index in [9.17, 15) is 0 Å². The van der Waals surface area contributed by atoms with Gasteiger partial charge in [0, 0.05) is 31.3 Å². The highest BCUT2D eigenvalue weighted by atomic mass is 32.2. The molecule has 2 aliphatic rings. The summed E-state index contributed by atoms with van der Waals surface area (Å²) in [4.78, 5) is 2.36. The highest BCUT2D eigenvalue weighted by Gasteiger charge is 2.25. The van der Waals surface area contributed by atoms with E-state index < -0.39 is 0 Å². The number of rotatable bonds is 1. The molecule has 0 aromatic carbocycles. The average Bonchev–Trinajstić information content (AvgIpc) is 2.59. The summed E-state index contributed by atoms with van der Waals surface area (Å²) in [5, 5.41) is 6.63. The molecule has 0 aliphatic carbocycles. The first-order valence-corrected chi connectivity index (χ1v) is 4.80. The van der Waals surface area contributed by atoms with Crippen LogP contribution in [0.2, 0.25) is 0 Å². The van der Waals surface area contributed by atoms with Crippen LogP contribution in [0.25, 0.3) is 0 Å². The molecule has 0 bridgehead atoms. The Balaban J connectivity index is 1.85. The quantitative estimate of drug-likeness (QED) is 0.544. The molecule has 57 valence electrons. The number of thioether (sulfide) groups is 1. The number of hydrogen-bond donors (Lipinski definition) is 2. The van der Waals surface area contributed by atoms with Gasteiger partial charge < -0.3 is 0 Å². The fourth-order valence-electron chi connectivity index (χ4n) is 1.24. The summed E-state index contributed by atoms with van der Waals surface area (Å²) in [7, 11) is 0. The summed E-state index contributed by atoms with van der Waals surface area (Å²) < 4.78 is 0. The minimum atomic E-state index is 1.08. The van der Waals surface area contributed by atoms with Gasteiger partial charge in [0.15, 0.2) is 6.29 Å². The molecule has 0 saturated carbocycles. The van der Waals surface area contributed by atoms with Gasteiger partial charge in [-0.15, -0.1) is 11.8 Å². The van der Waals surface area contributed by atoms with Gasteiger partial charge in [-0.05, 0) is 0 Å². The second-order valence-corrected chi connectivity index (χ2v) is 3.58. The molecular weight excluding hydrogens is 146 g/mol. The van der Waals surface area contributed by atoms with E-state index in [-0.39, 0.29) is 0 Å². The lowest BCUT2D eigenvalue weighted by Gasteiger charge is -2.20. The van der Waals surface area contributed by atoms with Crippen LogP contribution < -0.4 is 10.6 Å². The third kappa shape index (κ3) is 1.29. The van der Waals surface area contributed by atoms with Crippen molar-refractivity contribution in [3.63, 3.8) is 0 Å². The first-order chi connectivity index (χ1) is 4.97. The Morgan fingerprint density at radius 1 is 1.30 bits per heavy atom. The Labute approximate surface area is 65.5 Å². The normalized spacial score (nSPS) is 30.0. The molecule has 2 N–H and O–H groups in total. The smallest absolute Gasteiger partial charge is 0.174 e. The van der Waals surface area contributed by atoms with E-state index in [1.807, 2.05) is 11.8 Å². The molecule has 0 unspecified atom stereocenters. The molecule has 10 heavy (non-hydrogen) atoms. The largest absolute Gasteiger partial charge is 0.282 e. The maximum atomic E-state index is 3.32. The highest BCUT2D eigenvalue weighted by Crippen LogP contribution is 2.17. The Morgan fingerprint density at radius 2 is 2.10 bits per heavy atom. The summed E-state index contributed by atoms with van der Waals surface area (Å²) in [6.45, 7) is 3.35. The van der Waals surface area contributed by atoms with Crippen LogP contribution in [-0.2, 0) is 0 Å². The zero-order valence-electron chi connectivity index (χ0n) is 5.89. The van der Waals surface area contributed by atoms with Gasteiger partial charge in [0.1, 0.15) is 0 Å². The van der Waals surface area contributed by atoms with E-state index in [2.05, 4.69) is 15.5 Å². The second kappa shape index (κ2) is 3.09. The average molecular weight is 158 g/mol. The Hall–Kier alpha value is 0.230. The van der Waals surface area contributed by atoms with Crippen LogP contribution >= 0.6 is 11.8 Å². The number of nitrogens with one attached hydrogen (secondary N) is 2. The Morgan fingerprint density at radius 3 is 2.70 bits per heavy atom. The van der Waals surface area contributed by atoms with Crippen molar-refractivity contribution in [2.45, 2.75) is 0 Å². The topological polar surface area (TPSA) is 27.3 Å². The fraction of sp³-hybridized carbons (Fsp3) is 0.833. The first-order valence-electron chi connectivity index (χ1n) is 3.64. The van der Waals surface area contributed by atoms with E-state index in [0.717, 1.165) is 19.0 Å². The molecule has 0 aromatic rings. The summed E-state index contributed by atoms with van der Waals surface area (Å²) >= 11 is 1.99. The maximum absolute atomic E-state index is 3.32. The van der Waals surface area contributed by atoms with E-state index in [1.165, 1.54) is 18.6 Å². The van der Waals surface area contributed by atoms with Crippen LogP contribution in [0.15, 0.2) is 0 Å². The van der Waals surface area contributed by atoms with Crippen molar-refractivity contribution in [1.29, 1.82) is 0 Å². The summed E-state index contributed by atoms with van der Waals surface area (Å²) in [6, 6.07) is 0. The Bertz CT molecular complexity index is 93.6. The van der Waals surface area contributed by atoms with Crippen molar-refractivity contribution in [2.75, 3.05) is 31.3 Å². The van der Waals surface area contributed by atoms with E-state index in [1.54, 1.807) is 0 Å². The van der Waals surface area contributed by atoms with Crippen molar-refractivity contribution in [3.8, 4) is 0 Å². The molecule has 0 aromatic heterocycles. The third-order valence-electron chi connectivity index (χ3n) is 1.78. The molecule has 2 fully saturated rings. The van der Waals surface area contributed by atoms with Crippen molar-refractivity contribution >= 4 is 11.8 Å². The number of nitrogens with zero attached hydrogens (tertiary/aromatic N) is 1. The van der Waals surface area contributed by atoms with Crippen molar-refractivity contribution < 1.29 is 0 Å². The van der Waals surface area contributed by atoms with Crippen LogP contribution in [0.4, 0.5) is 0 Å². The van der Waals surface area contributed by atoms with E-state index in [4.69, 9.17) is 0 Å². The lowest BCUT2D eigenvalue weighted by molar-refractivity contribution is 0.320. The van der Waals surface area contributed by atoms with Crippen LogP contribution in [0, 0.1) is 6.29 Å². The van der Waals surface area contributed by atoms with Crippen LogP contribution in [0.1, 0.15) is 0 Å². The molecule has 0 atom stereocenters. The summed E-state index contributed by atoms with van der Waals surface area (Å²) in [5.74, 6) is 2.42. The van der Waals surface area contributed by atoms with Crippen molar-refractivity contribution in [3.05, 3.63) is 6.29 Å². The summed E-state index contributed by atoms with van der Waals surface area (Å²) in [6.07, 6.45) is 1.24. The third-order valence-corrected chi connectivity index (χ3v) is 2.74. The number of hydrogen-bond acceptors (Lipinski definition) is 4. The standard InChI is InChI=1S/C6H12N3S/c1-2-8-6(7-1)9-3-4-10-5-9/h7-8H,1-5H2. The predicted molar refractivity (Wildman–Crippen MR) is 43.3 cm³/mol. The molecule has 2 saturated heterocycles. The first kappa shape index (κ1) is 6.91. The minimum Gasteiger partial charge on any atom is -0.282 e. The van der Waals surface area contributed by atoms with Gasteiger partial charge in [-0.3, -0.25) is 15.5 Å². The zero-order chi connectivity index (χ0) is 6.81.